The van der Waals surface area contributed by atoms with E-state index in [0.717, 1.165) is 5.56 Å². The molecule has 1 aromatic carbocycles. The zero-order chi connectivity index (χ0) is 19.4. The molecular formula is C15H20F2O7S. The minimum Gasteiger partial charge on any atom is -0.420 e. The van der Waals surface area contributed by atoms with Crippen molar-refractivity contribution in [2.45, 2.75) is 38.2 Å². The van der Waals surface area contributed by atoms with Gasteiger partial charge in [-0.3, -0.25) is 4.55 Å². The van der Waals surface area contributed by atoms with Gasteiger partial charge in [-0.05, 0) is 23.6 Å². The van der Waals surface area contributed by atoms with E-state index in [1.165, 1.54) is 14.2 Å². The van der Waals surface area contributed by atoms with E-state index in [2.05, 4.69) is 4.74 Å². The van der Waals surface area contributed by atoms with Crippen molar-refractivity contribution in [3.63, 3.8) is 0 Å². The van der Waals surface area contributed by atoms with Crippen molar-refractivity contribution >= 4 is 16.1 Å². The van der Waals surface area contributed by atoms with Crippen LogP contribution in [0.15, 0.2) is 12.1 Å². The van der Waals surface area contributed by atoms with Gasteiger partial charge >= 0.3 is 21.3 Å². The molecule has 0 saturated heterocycles. The first-order valence-corrected chi connectivity index (χ1v) is 8.60. The average molecular weight is 382 g/mol. The molecule has 0 unspecified atom stereocenters. The number of ether oxygens (including phenoxy) is 3. The number of carbonyl (C=O) groups excluding carboxylic acids is 1. The van der Waals surface area contributed by atoms with Crippen LogP contribution < -0.4 is 4.74 Å². The van der Waals surface area contributed by atoms with Gasteiger partial charge in [-0.1, -0.05) is 13.8 Å². The topological polar surface area (TPSA) is 99.1 Å². The molecule has 0 aliphatic rings. The van der Waals surface area contributed by atoms with E-state index in [0.29, 0.717) is 0 Å². The van der Waals surface area contributed by atoms with Gasteiger partial charge in [0.15, 0.2) is 0 Å². The summed E-state index contributed by atoms with van der Waals surface area (Å²) in [5, 5.41) is -5.10. The van der Waals surface area contributed by atoms with Crippen LogP contribution in [0.1, 0.15) is 36.5 Å². The third-order valence-corrected chi connectivity index (χ3v) is 4.10. The lowest BCUT2D eigenvalue weighted by atomic mass is 9.97. The normalized spacial score (nSPS) is 12.5. The van der Waals surface area contributed by atoms with Crippen LogP contribution in [-0.2, 0) is 37.6 Å². The molecule has 0 amide bonds. The number of halogens is 2. The van der Waals surface area contributed by atoms with Gasteiger partial charge in [0.25, 0.3) is 0 Å². The summed E-state index contributed by atoms with van der Waals surface area (Å²) in [6.45, 7) is 3.66. The van der Waals surface area contributed by atoms with Crippen molar-refractivity contribution in [1.29, 1.82) is 0 Å². The smallest absolute Gasteiger partial charge is 0.420 e. The van der Waals surface area contributed by atoms with E-state index >= 15 is 0 Å². The zero-order valence-corrected chi connectivity index (χ0v) is 15.0. The van der Waals surface area contributed by atoms with Crippen LogP contribution >= 0.6 is 0 Å². The Labute approximate surface area is 144 Å². The molecule has 25 heavy (non-hydrogen) atoms. The van der Waals surface area contributed by atoms with Crippen LogP contribution in [0.3, 0.4) is 0 Å². The maximum Gasteiger partial charge on any atom is 0.466 e. The molecule has 0 aromatic heterocycles. The lowest BCUT2D eigenvalue weighted by Gasteiger charge is -2.19. The fraction of sp³-hybridized carbons (Fsp3) is 0.533. The van der Waals surface area contributed by atoms with Gasteiger partial charge in [0.1, 0.15) is 5.75 Å². The predicted octanol–water partition coefficient (Wildman–Crippen LogP) is 2.49. The summed E-state index contributed by atoms with van der Waals surface area (Å²) >= 11 is 0. The summed E-state index contributed by atoms with van der Waals surface area (Å²) < 4.78 is 71.5. The Kier molecular flexibility index (Phi) is 7.00. The lowest BCUT2D eigenvalue weighted by molar-refractivity contribution is -0.151. The molecule has 0 saturated carbocycles. The molecule has 0 radical (unpaired) electrons. The van der Waals surface area contributed by atoms with Gasteiger partial charge in [-0.25, -0.2) is 4.79 Å². The molecule has 0 aliphatic carbocycles. The molecule has 142 valence electrons. The molecule has 0 heterocycles. The summed E-state index contributed by atoms with van der Waals surface area (Å²) in [7, 11) is -3.25. The number of rotatable bonds is 8. The number of hydrogen-bond donors (Lipinski definition) is 1. The molecule has 0 atom stereocenters. The van der Waals surface area contributed by atoms with Crippen LogP contribution in [0.25, 0.3) is 0 Å². The van der Waals surface area contributed by atoms with Gasteiger partial charge in [0.2, 0.25) is 0 Å². The number of alkyl halides is 2. The molecule has 1 N–H and O–H groups in total. The Morgan fingerprint density at radius 1 is 1.16 bits per heavy atom. The van der Waals surface area contributed by atoms with Crippen molar-refractivity contribution < 1.29 is 40.8 Å². The van der Waals surface area contributed by atoms with Gasteiger partial charge in [0.05, 0.1) is 13.2 Å². The van der Waals surface area contributed by atoms with E-state index < -0.39 is 21.3 Å². The Bertz CT molecular complexity index is 702. The first-order chi connectivity index (χ1) is 11.5. The lowest BCUT2D eigenvalue weighted by Crippen LogP contribution is -2.40. The molecule has 1 aromatic rings. The van der Waals surface area contributed by atoms with Crippen molar-refractivity contribution in [2.75, 3.05) is 14.2 Å². The quantitative estimate of drug-likeness (QED) is 0.419. The van der Waals surface area contributed by atoms with Crippen LogP contribution in [0, 0.1) is 0 Å². The van der Waals surface area contributed by atoms with Crippen molar-refractivity contribution in [3.8, 4) is 5.75 Å². The maximum atomic E-state index is 13.5. The monoisotopic (exact) mass is 382 g/mol. The highest BCUT2D eigenvalue weighted by atomic mass is 32.2. The molecule has 0 bridgehead atoms. The number of benzene rings is 1. The maximum absolute atomic E-state index is 13.5. The average Bonchev–Trinajstić information content (AvgIpc) is 2.48. The second kappa shape index (κ2) is 8.17. The fourth-order valence-corrected chi connectivity index (χ4v) is 2.28. The number of carbonyl (C=O) groups is 1. The van der Waals surface area contributed by atoms with Gasteiger partial charge in [0, 0.05) is 25.3 Å². The number of esters is 1. The second-order valence-electron chi connectivity index (χ2n) is 5.57. The number of hydrogen-bond acceptors (Lipinski definition) is 6. The van der Waals surface area contributed by atoms with Gasteiger partial charge in [-0.2, -0.15) is 17.2 Å². The Morgan fingerprint density at radius 2 is 1.60 bits per heavy atom. The van der Waals surface area contributed by atoms with Crippen molar-refractivity contribution in [3.05, 3.63) is 28.8 Å². The summed E-state index contributed by atoms with van der Waals surface area (Å²) in [6, 6.07) is 3.20. The van der Waals surface area contributed by atoms with Crippen LogP contribution in [-0.4, -0.2) is 38.4 Å². The highest BCUT2D eigenvalue weighted by Crippen LogP contribution is 2.33. The zero-order valence-electron chi connectivity index (χ0n) is 14.2. The van der Waals surface area contributed by atoms with Crippen molar-refractivity contribution in [1.82, 2.24) is 0 Å². The number of methoxy groups -OCH3 is 2. The molecule has 1 rings (SSSR count). The Morgan fingerprint density at radius 3 is 1.92 bits per heavy atom. The minimum atomic E-state index is -5.96. The van der Waals surface area contributed by atoms with Crippen molar-refractivity contribution in [2.24, 2.45) is 0 Å². The Balaban J connectivity index is 3.43. The van der Waals surface area contributed by atoms with E-state index in [4.69, 9.17) is 14.0 Å². The summed E-state index contributed by atoms with van der Waals surface area (Å²) in [5.74, 6) is -2.63. The first kappa shape index (κ1) is 21.4. The van der Waals surface area contributed by atoms with E-state index in [1.807, 2.05) is 13.8 Å². The molecule has 7 nitrogen and oxygen atoms in total. The molecule has 0 spiro atoms. The predicted molar refractivity (Wildman–Crippen MR) is 84.1 cm³/mol. The second-order valence-corrected chi connectivity index (χ2v) is 7.03. The summed E-state index contributed by atoms with van der Waals surface area (Å²) in [5.41, 5.74) is 1.35. The van der Waals surface area contributed by atoms with Crippen LogP contribution in [0.5, 0.6) is 5.75 Å². The Hall–Kier alpha value is -1.62. The molecule has 0 fully saturated rings. The van der Waals surface area contributed by atoms with Gasteiger partial charge < -0.3 is 14.2 Å². The van der Waals surface area contributed by atoms with E-state index in [-0.39, 0.29) is 36.0 Å². The van der Waals surface area contributed by atoms with E-state index in [1.54, 1.807) is 12.1 Å². The third-order valence-electron chi connectivity index (χ3n) is 3.29. The fourth-order valence-electron chi connectivity index (χ4n) is 2.03. The van der Waals surface area contributed by atoms with Crippen LogP contribution in [0.2, 0.25) is 0 Å². The summed E-state index contributed by atoms with van der Waals surface area (Å²) in [6.07, 6.45) is 0. The largest absolute Gasteiger partial charge is 0.466 e. The first-order valence-electron chi connectivity index (χ1n) is 7.16. The third kappa shape index (κ3) is 4.94. The highest BCUT2D eigenvalue weighted by Gasteiger charge is 2.54. The van der Waals surface area contributed by atoms with Crippen LogP contribution in [0.4, 0.5) is 8.78 Å². The SMILES string of the molecule is COCc1cc(C(C)C)cc(COC)c1OC(=O)C(F)(F)S(=O)(=O)O. The van der Waals surface area contributed by atoms with E-state index in [9.17, 15) is 22.0 Å². The molecule has 0 aliphatic heterocycles. The standard InChI is InChI=1S/C15H20F2O7S/c1-9(2)10-5-11(7-22-3)13(12(6-10)8-23-4)24-14(18)15(16,17)25(19,20)21/h5-6,9H,7-8H2,1-4H3,(H,19,20,21). The summed E-state index contributed by atoms with van der Waals surface area (Å²) in [4.78, 5) is 11.6. The van der Waals surface area contributed by atoms with Gasteiger partial charge in [-0.15, -0.1) is 0 Å². The highest BCUT2D eigenvalue weighted by molar-refractivity contribution is 7.87. The molecular weight excluding hydrogens is 362 g/mol. The molecule has 10 heteroatoms. The minimum absolute atomic E-state index is 0.0721.